The number of methoxy groups -OCH3 is 1. The quantitative estimate of drug-likeness (QED) is 0.222. The smallest absolute Gasteiger partial charge is 0.264 e. The molecule has 3 aromatic carbocycles. The van der Waals surface area contributed by atoms with Gasteiger partial charge in [0, 0.05) is 10.6 Å². The molecule has 0 unspecified atom stereocenters. The average molecular weight is 703 g/mol. The van der Waals surface area contributed by atoms with Crippen LogP contribution in [0.5, 0.6) is 11.5 Å². The number of hydrogen-bond donors (Lipinski definition) is 1. The summed E-state index contributed by atoms with van der Waals surface area (Å²) in [6, 6.07) is 18.9. The van der Waals surface area contributed by atoms with Gasteiger partial charge in [0.15, 0.2) is 5.17 Å². The van der Waals surface area contributed by atoms with Gasteiger partial charge < -0.3 is 14.8 Å². The zero-order valence-corrected chi connectivity index (χ0v) is 23.2. The first-order valence-electron chi connectivity index (χ1n) is 9.72. The van der Waals surface area contributed by atoms with Crippen LogP contribution < -0.4 is 14.8 Å². The number of carbonyl (C=O) groups is 1. The third kappa shape index (κ3) is 6.23. The van der Waals surface area contributed by atoms with Gasteiger partial charge in [-0.1, -0.05) is 29.8 Å². The molecular weight excluding hydrogens is 686 g/mol. The number of ether oxygens (including phenoxy) is 2. The largest absolute Gasteiger partial charge is 0.497 e. The zero-order valence-electron chi connectivity index (χ0n) is 17.3. The van der Waals surface area contributed by atoms with Gasteiger partial charge in [-0.15, -0.1) is 0 Å². The predicted octanol–water partition coefficient (Wildman–Crippen LogP) is 7.03. The van der Waals surface area contributed by atoms with E-state index in [1.54, 1.807) is 7.11 Å². The summed E-state index contributed by atoms with van der Waals surface area (Å²) in [5.41, 5.74) is 2.58. The molecule has 0 saturated carbocycles. The van der Waals surface area contributed by atoms with E-state index < -0.39 is 0 Å². The van der Waals surface area contributed by atoms with E-state index in [9.17, 15) is 4.79 Å². The fourth-order valence-electron chi connectivity index (χ4n) is 2.97. The topological polar surface area (TPSA) is 59.9 Å². The Morgan fingerprint density at radius 3 is 2.45 bits per heavy atom. The Balaban J connectivity index is 1.49. The van der Waals surface area contributed by atoms with Gasteiger partial charge in [0.2, 0.25) is 0 Å². The number of rotatable bonds is 6. The standard InChI is InChI=1S/C24H17ClI2N2O3S/c1-31-17-8-6-16(7-9-17)28-24-29-23(30)21(33-24)12-14-10-19(26)22(20(27)11-14)32-13-15-4-2-3-5-18(15)25/h2-12H,13H2,1H3,(H,28,29,30)/b21-12+. The van der Waals surface area contributed by atoms with Crippen LogP contribution in [0.25, 0.3) is 6.08 Å². The number of halogens is 3. The summed E-state index contributed by atoms with van der Waals surface area (Å²) in [5, 5.41) is 4.04. The second-order valence-corrected chi connectivity index (χ2v) is 10.6. The predicted molar refractivity (Wildman–Crippen MR) is 151 cm³/mol. The van der Waals surface area contributed by atoms with Gasteiger partial charge in [-0.25, -0.2) is 4.99 Å². The number of hydrogen-bond acceptors (Lipinski definition) is 5. The van der Waals surface area contributed by atoms with Gasteiger partial charge in [0.05, 0.1) is 24.8 Å². The molecule has 4 rings (SSSR count). The lowest BCUT2D eigenvalue weighted by Gasteiger charge is -2.12. The second-order valence-electron chi connectivity index (χ2n) is 6.87. The summed E-state index contributed by atoms with van der Waals surface area (Å²) >= 11 is 12.0. The molecule has 1 N–H and O–H groups in total. The Labute approximate surface area is 228 Å². The van der Waals surface area contributed by atoms with Crippen LogP contribution >= 0.6 is 68.5 Å². The van der Waals surface area contributed by atoms with E-state index in [2.05, 4.69) is 55.5 Å². The summed E-state index contributed by atoms with van der Waals surface area (Å²) in [4.78, 5) is 17.6. The normalized spacial score (nSPS) is 15.7. The Kier molecular flexibility index (Phi) is 8.20. The van der Waals surface area contributed by atoms with Gasteiger partial charge >= 0.3 is 0 Å². The molecule has 0 aliphatic carbocycles. The molecule has 5 nitrogen and oxygen atoms in total. The van der Waals surface area contributed by atoms with Gasteiger partial charge in [0.1, 0.15) is 18.1 Å². The van der Waals surface area contributed by atoms with Crippen LogP contribution in [0, 0.1) is 7.14 Å². The van der Waals surface area contributed by atoms with E-state index in [4.69, 9.17) is 21.1 Å². The number of carbonyl (C=O) groups excluding carboxylic acids is 1. The molecule has 1 heterocycles. The third-order valence-electron chi connectivity index (χ3n) is 4.60. The van der Waals surface area contributed by atoms with Crippen LogP contribution in [0.15, 0.2) is 70.6 Å². The van der Waals surface area contributed by atoms with Crippen molar-refractivity contribution in [2.75, 3.05) is 7.11 Å². The third-order valence-corrected chi connectivity index (χ3v) is 7.48. The highest BCUT2D eigenvalue weighted by Crippen LogP contribution is 2.33. The lowest BCUT2D eigenvalue weighted by molar-refractivity contribution is -0.115. The van der Waals surface area contributed by atoms with E-state index in [0.717, 1.165) is 35.5 Å². The van der Waals surface area contributed by atoms with Crippen molar-refractivity contribution in [1.82, 2.24) is 5.32 Å². The molecular formula is C24H17ClI2N2O3S. The van der Waals surface area contributed by atoms with E-state index in [1.807, 2.05) is 66.7 Å². The van der Waals surface area contributed by atoms with E-state index in [0.29, 0.717) is 21.7 Å². The number of benzene rings is 3. The SMILES string of the molecule is COc1ccc(N=C2NC(=O)/C(=C\c3cc(I)c(OCc4ccccc4Cl)c(I)c3)S2)cc1. The maximum Gasteiger partial charge on any atom is 0.264 e. The molecule has 0 aromatic heterocycles. The lowest BCUT2D eigenvalue weighted by Crippen LogP contribution is -2.19. The molecule has 1 aliphatic rings. The van der Waals surface area contributed by atoms with Crippen molar-refractivity contribution in [1.29, 1.82) is 0 Å². The number of nitrogens with one attached hydrogen (secondary N) is 1. The van der Waals surface area contributed by atoms with Gasteiger partial charge in [-0.05, 0) is 111 Å². The van der Waals surface area contributed by atoms with Gasteiger partial charge in [-0.2, -0.15) is 0 Å². The van der Waals surface area contributed by atoms with Crippen molar-refractivity contribution in [3.05, 3.63) is 88.9 Å². The first-order chi connectivity index (χ1) is 15.9. The zero-order chi connectivity index (χ0) is 23.4. The van der Waals surface area contributed by atoms with Crippen LogP contribution in [0.1, 0.15) is 11.1 Å². The van der Waals surface area contributed by atoms with Crippen LogP contribution in [0.4, 0.5) is 5.69 Å². The summed E-state index contributed by atoms with van der Waals surface area (Å²) in [6.07, 6.45) is 1.86. The fraction of sp³-hybridized carbons (Fsp3) is 0.0833. The summed E-state index contributed by atoms with van der Waals surface area (Å²) in [6.45, 7) is 0.384. The Morgan fingerprint density at radius 1 is 1.09 bits per heavy atom. The van der Waals surface area contributed by atoms with Crippen molar-refractivity contribution < 1.29 is 14.3 Å². The fourth-order valence-corrected chi connectivity index (χ4v) is 6.13. The monoisotopic (exact) mass is 702 g/mol. The van der Waals surface area contributed by atoms with Crippen molar-refractivity contribution in [2.24, 2.45) is 4.99 Å². The molecule has 168 valence electrons. The highest BCUT2D eigenvalue weighted by molar-refractivity contribution is 14.1. The van der Waals surface area contributed by atoms with Crippen molar-refractivity contribution >= 4 is 91.4 Å². The average Bonchev–Trinajstić information content (AvgIpc) is 3.13. The summed E-state index contributed by atoms with van der Waals surface area (Å²) in [7, 11) is 1.62. The Bertz CT molecular complexity index is 1240. The molecule has 1 amide bonds. The second kappa shape index (κ2) is 11.1. The Hall–Kier alpha value is -1.76. The highest BCUT2D eigenvalue weighted by Gasteiger charge is 2.24. The molecule has 33 heavy (non-hydrogen) atoms. The van der Waals surface area contributed by atoms with Gasteiger partial charge in [-0.3, -0.25) is 4.79 Å². The van der Waals surface area contributed by atoms with E-state index >= 15 is 0 Å². The molecule has 1 fully saturated rings. The van der Waals surface area contributed by atoms with Crippen LogP contribution in [-0.4, -0.2) is 18.2 Å². The van der Waals surface area contributed by atoms with Crippen LogP contribution in [-0.2, 0) is 11.4 Å². The molecule has 0 spiro atoms. The molecule has 0 bridgehead atoms. The summed E-state index contributed by atoms with van der Waals surface area (Å²) < 4.78 is 13.1. The van der Waals surface area contributed by atoms with Crippen molar-refractivity contribution in [2.45, 2.75) is 6.61 Å². The van der Waals surface area contributed by atoms with Gasteiger partial charge in [0.25, 0.3) is 5.91 Å². The Morgan fingerprint density at radius 2 is 1.79 bits per heavy atom. The number of thioether (sulfide) groups is 1. The maximum absolute atomic E-state index is 12.5. The minimum Gasteiger partial charge on any atom is -0.497 e. The number of amidine groups is 1. The molecule has 1 saturated heterocycles. The van der Waals surface area contributed by atoms with Crippen LogP contribution in [0.2, 0.25) is 5.02 Å². The summed E-state index contributed by atoms with van der Waals surface area (Å²) in [5.74, 6) is 1.38. The minimum atomic E-state index is -0.170. The highest BCUT2D eigenvalue weighted by atomic mass is 127. The first kappa shape index (κ1) is 24.4. The first-order valence-corrected chi connectivity index (χ1v) is 13.1. The number of aliphatic imine (C=N–C) groups is 1. The van der Waals surface area contributed by atoms with E-state index in [-0.39, 0.29) is 5.91 Å². The van der Waals surface area contributed by atoms with Crippen LogP contribution in [0.3, 0.4) is 0 Å². The van der Waals surface area contributed by atoms with Crippen molar-refractivity contribution in [3.8, 4) is 11.5 Å². The number of nitrogens with zero attached hydrogens (tertiary/aromatic N) is 1. The van der Waals surface area contributed by atoms with E-state index in [1.165, 1.54) is 11.8 Å². The maximum atomic E-state index is 12.5. The molecule has 0 atom stereocenters. The minimum absolute atomic E-state index is 0.170. The molecule has 1 aliphatic heterocycles. The number of amides is 1. The molecule has 0 radical (unpaired) electrons. The van der Waals surface area contributed by atoms with Crippen molar-refractivity contribution in [3.63, 3.8) is 0 Å². The lowest BCUT2D eigenvalue weighted by atomic mass is 10.2. The molecule has 9 heteroatoms. The molecule has 3 aromatic rings.